The Morgan fingerprint density at radius 2 is 1.96 bits per heavy atom. The molecule has 7 heteroatoms. The lowest BCUT2D eigenvalue weighted by Crippen LogP contribution is -2.42. The highest BCUT2D eigenvalue weighted by Gasteiger charge is 2.50. The number of carbonyl (C=O) groups is 2. The van der Waals surface area contributed by atoms with Crippen molar-refractivity contribution in [2.24, 2.45) is 7.05 Å². The zero-order valence-electron chi connectivity index (χ0n) is 14.9. The molecule has 0 aliphatic carbocycles. The molecular weight excluding hydrogens is 332 g/mol. The second-order valence-corrected chi connectivity index (χ2v) is 6.90. The van der Waals surface area contributed by atoms with Crippen LogP contribution in [0.2, 0.25) is 0 Å². The number of aryl methyl sites for hydroxylation is 1. The molecule has 2 aliphatic rings. The van der Waals surface area contributed by atoms with Crippen LogP contribution >= 0.6 is 0 Å². The molecule has 7 nitrogen and oxygen atoms in total. The molecule has 26 heavy (non-hydrogen) atoms. The molecule has 3 amide bonds. The van der Waals surface area contributed by atoms with Gasteiger partial charge in [0.05, 0.1) is 12.2 Å². The Labute approximate surface area is 152 Å². The largest absolute Gasteiger partial charge is 0.371 e. The summed E-state index contributed by atoms with van der Waals surface area (Å²) in [5.41, 5.74) is 1.93. The van der Waals surface area contributed by atoms with E-state index in [4.69, 9.17) is 4.74 Å². The van der Waals surface area contributed by atoms with Crippen LogP contribution in [-0.2, 0) is 23.0 Å². The SMILES string of the molecule is CN1C(=O)N([C@@H]2CCO[C@H]2c2cnn(C)c2)C(=O)C1Cc1ccccc1. The van der Waals surface area contributed by atoms with Crippen molar-refractivity contribution in [2.45, 2.75) is 31.0 Å². The maximum absolute atomic E-state index is 13.1. The molecule has 0 saturated carbocycles. The van der Waals surface area contributed by atoms with Gasteiger partial charge < -0.3 is 9.64 Å². The molecule has 2 fully saturated rings. The van der Waals surface area contributed by atoms with Gasteiger partial charge in [-0.3, -0.25) is 14.4 Å². The van der Waals surface area contributed by atoms with Crippen molar-refractivity contribution in [3.8, 4) is 0 Å². The lowest BCUT2D eigenvalue weighted by molar-refractivity contribution is -0.130. The number of rotatable bonds is 4. The van der Waals surface area contributed by atoms with Crippen LogP contribution in [0.4, 0.5) is 4.79 Å². The first-order valence-corrected chi connectivity index (χ1v) is 8.80. The van der Waals surface area contributed by atoms with Crippen molar-refractivity contribution in [3.05, 3.63) is 53.9 Å². The first kappa shape index (κ1) is 16.8. The van der Waals surface area contributed by atoms with Crippen LogP contribution in [0.5, 0.6) is 0 Å². The number of ether oxygens (including phenoxy) is 1. The molecular formula is C19H22N4O3. The fourth-order valence-electron chi connectivity index (χ4n) is 3.84. The normalized spacial score (nSPS) is 26.2. The summed E-state index contributed by atoms with van der Waals surface area (Å²) < 4.78 is 7.55. The summed E-state index contributed by atoms with van der Waals surface area (Å²) in [7, 11) is 3.53. The molecule has 0 bridgehead atoms. The average Bonchev–Trinajstić information content (AvgIpc) is 3.32. The summed E-state index contributed by atoms with van der Waals surface area (Å²) in [6, 6.07) is 8.77. The van der Waals surface area contributed by atoms with Crippen molar-refractivity contribution in [1.82, 2.24) is 19.6 Å². The lowest BCUT2D eigenvalue weighted by Gasteiger charge is -2.25. The predicted octanol–water partition coefficient (Wildman–Crippen LogP) is 1.76. The van der Waals surface area contributed by atoms with Crippen molar-refractivity contribution >= 4 is 11.9 Å². The molecule has 2 aromatic rings. The van der Waals surface area contributed by atoms with E-state index in [1.54, 1.807) is 22.8 Å². The number of urea groups is 1. The van der Waals surface area contributed by atoms with Gasteiger partial charge in [0.1, 0.15) is 12.1 Å². The molecule has 0 radical (unpaired) electrons. The van der Waals surface area contributed by atoms with Gasteiger partial charge in [0.25, 0.3) is 5.91 Å². The van der Waals surface area contributed by atoms with Crippen molar-refractivity contribution in [1.29, 1.82) is 0 Å². The molecule has 1 aromatic carbocycles. The standard InChI is InChI=1S/C19H22N4O3/c1-21-12-14(11-20-21)17-15(8-9-26-17)23-18(24)16(22(2)19(23)25)10-13-6-4-3-5-7-13/h3-7,11-12,15-17H,8-10H2,1-2H3/t15-,16?,17+/m1/s1. The molecule has 1 unspecified atom stereocenters. The Hall–Kier alpha value is -2.67. The Balaban J connectivity index is 1.58. The summed E-state index contributed by atoms with van der Waals surface area (Å²) in [6.07, 6.45) is 4.45. The number of hydrogen-bond acceptors (Lipinski definition) is 4. The van der Waals surface area contributed by atoms with Crippen LogP contribution < -0.4 is 0 Å². The van der Waals surface area contributed by atoms with E-state index in [1.807, 2.05) is 43.6 Å². The molecule has 136 valence electrons. The van der Waals surface area contributed by atoms with Crippen LogP contribution in [0.1, 0.15) is 23.7 Å². The Kier molecular flexibility index (Phi) is 4.24. The van der Waals surface area contributed by atoms with E-state index in [0.717, 1.165) is 11.1 Å². The first-order valence-electron chi connectivity index (χ1n) is 8.80. The minimum absolute atomic E-state index is 0.147. The number of amides is 3. The topological polar surface area (TPSA) is 67.7 Å². The molecule has 4 rings (SSSR count). The fraction of sp³-hybridized carbons (Fsp3) is 0.421. The quantitative estimate of drug-likeness (QED) is 0.785. The third-order valence-electron chi connectivity index (χ3n) is 5.22. The Bertz CT molecular complexity index is 819. The molecule has 3 atom stereocenters. The Morgan fingerprint density at radius 3 is 2.65 bits per heavy atom. The second kappa shape index (κ2) is 6.57. The smallest absolute Gasteiger partial charge is 0.327 e. The summed E-state index contributed by atoms with van der Waals surface area (Å²) in [5.74, 6) is -0.147. The molecule has 1 aromatic heterocycles. The minimum Gasteiger partial charge on any atom is -0.371 e. The number of likely N-dealkylation sites (N-methyl/N-ethyl adjacent to an activating group) is 1. The van der Waals surface area contributed by atoms with Crippen LogP contribution in [0.15, 0.2) is 42.7 Å². The van der Waals surface area contributed by atoms with Crippen LogP contribution in [0.3, 0.4) is 0 Å². The van der Waals surface area contributed by atoms with Crippen molar-refractivity contribution in [3.63, 3.8) is 0 Å². The summed E-state index contributed by atoms with van der Waals surface area (Å²) in [5, 5.41) is 4.18. The monoisotopic (exact) mass is 354 g/mol. The molecule has 2 saturated heterocycles. The molecule has 0 spiro atoms. The highest BCUT2D eigenvalue weighted by Crippen LogP contribution is 2.36. The van der Waals surface area contributed by atoms with E-state index in [0.29, 0.717) is 19.4 Å². The average molecular weight is 354 g/mol. The second-order valence-electron chi connectivity index (χ2n) is 6.90. The number of aromatic nitrogens is 2. The van der Waals surface area contributed by atoms with Gasteiger partial charge in [-0.05, 0) is 12.0 Å². The van der Waals surface area contributed by atoms with Crippen LogP contribution in [-0.4, -0.2) is 57.3 Å². The number of nitrogens with zero attached hydrogens (tertiary/aromatic N) is 4. The van der Waals surface area contributed by atoms with E-state index in [1.165, 1.54) is 4.90 Å². The van der Waals surface area contributed by atoms with Gasteiger partial charge in [0.15, 0.2) is 0 Å². The van der Waals surface area contributed by atoms with Crippen LogP contribution in [0.25, 0.3) is 0 Å². The van der Waals surface area contributed by atoms with E-state index in [9.17, 15) is 9.59 Å². The molecule has 3 heterocycles. The van der Waals surface area contributed by atoms with E-state index in [2.05, 4.69) is 5.10 Å². The van der Waals surface area contributed by atoms with Gasteiger partial charge in [0.2, 0.25) is 0 Å². The number of imide groups is 1. The third-order valence-corrected chi connectivity index (χ3v) is 5.22. The maximum atomic E-state index is 13.1. The number of hydrogen-bond donors (Lipinski definition) is 0. The summed E-state index contributed by atoms with van der Waals surface area (Å²) in [6.45, 7) is 0.522. The summed E-state index contributed by atoms with van der Waals surface area (Å²) >= 11 is 0. The Morgan fingerprint density at radius 1 is 1.19 bits per heavy atom. The third kappa shape index (κ3) is 2.78. The lowest BCUT2D eigenvalue weighted by atomic mass is 10.0. The minimum atomic E-state index is -0.472. The highest BCUT2D eigenvalue weighted by atomic mass is 16.5. The van der Waals surface area contributed by atoms with Crippen molar-refractivity contribution < 1.29 is 14.3 Å². The van der Waals surface area contributed by atoms with E-state index >= 15 is 0 Å². The zero-order valence-corrected chi connectivity index (χ0v) is 14.9. The molecule has 2 aliphatic heterocycles. The van der Waals surface area contributed by atoms with Crippen LogP contribution in [0, 0.1) is 0 Å². The van der Waals surface area contributed by atoms with Gasteiger partial charge in [-0.2, -0.15) is 5.10 Å². The number of benzene rings is 1. The fourth-order valence-corrected chi connectivity index (χ4v) is 3.84. The summed E-state index contributed by atoms with van der Waals surface area (Å²) in [4.78, 5) is 28.9. The molecule has 0 N–H and O–H groups in total. The van der Waals surface area contributed by atoms with Gasteiger partial charge in [-0.25, -0.2) is 4.79 Å². The van der Waals surface area contributed by atoms with Gasteiger partial charge in [0, 0.05) is 38.9 Å². The van der Waals surface area contributed by atoms with Gasteiger partial charge >= 0.3 is 6.03 Å². The first-order chi connectivity index (χ1) is 12.6. The van der Waals surface area contributed by atoms with E-state index in [-0.39, 0.29) is 24.1 Å². The maximum Gasteiger partial charge on any atom is 0.327 e. The predicted molar refractivity (Wildman–Crippen MR) is 94.2 cm³/mol. The van der Waals surface area contributed by atoms with Crippen molar-refractivity contribution in [2.75, 3.05) is 13.7 Å². The van der Waals surface area contributed by atoms with Gasteiger partial charge in [-0.15, -0.1) is 0 Å². The number of carbonyl (C=O) groups excluding carboxylic acids is 2. The highest BCUT2D eigenvalue weighted by molar-refractivity contribution is 6.04. The van der Waals surface area contributed by atoms with E-state index < -0.39 is 6.04 Å². The zero-order chi connectivity index (χ0) is 18.3. The van der Waals surface area contributed by atoms with Gasteiger partial charge in [-0.1, -0.05) is 30.3 Å².